The molecule has 0 unspecified atom stereocenters. The molecule has 0 saturated carbocycles. The number of anilines is 1. The van der Waals surface area contributed by atoms with E-state index in [1.165, 1.54) is 11.8 Å². The maximum atomic E-state index is 12.0. The van der Waals surface area contributed by atoms with Crippen molar-refractivity contribution in [3.63, 3.8) is 0 Å². The van der Waals surface area contributed by atoms with Crippen molar-refractivity contribution in [2.24, 2.45) is 5.73 Å². The summed E-state index contributed by atoms with van der Waals surface area (Å²) in [4.78, 5) is 27.4. The lowest BCUT2D eigenvalue weighted by Gasteiger charge is -2.04. The zero-order chi connectivity index (χ0) is 17.6. The smallest absolute Gasteiger partial charge is 0.248 e. The van der Waals surface area contributed by atoms with Gasteiger partial charge in [-0.15, -0.1) is 5.10 Å². The van der Waals surface area contributed by atoms with E-state index in [1.807, 2.05) is 30.3 Å². The number of primary amides is 1. The summed E-state index contributed by atoms with van der Waals surface area (Å²) in [5.41, 5.74) is 7.09. The number of carbonyl (C=O) groups excluding carboxylic acids is 2. The molecule has 0 bridgehead atoms. The number of H-pyrrole nitrogens is 1. The summed E-state index contributed by atoms with van der Waals surface area (Å²) in [5.74, 6) is 0.129. The fraction of sp³-hybridized carbons (Fsp3) is 0.0588. The minimum atomic E-state index is -0.507. The molecule has 0 spiro atoms. The second-order valence-corrected chi connectivity index (χ2v) is 6.05. The van der Waals surface area contributed by atoms with Gasteiger partial charge in [0.2, 0.25) is 17.0 Å². The Bertz CT molecular complexity index is 878. The molecule has 0 atom stereocenters. The van der Waals surface area contributed by atoms with Crippen LogP contribution in [0, 0.1) is 0 Å². The quantitative estimate of drug-likeness (QED) is 0.588. The molecule has 1 aromatic heterocycles. The number of carbonyl (C=O) groups is 2. The summed E-state index contributed by atoms with van der Waals surface area (Å²) in [6, 6.07) is 16.0. The molecule has 25 heavy (non-hydrogen) atoms. The lowest BCUT2D eigenvalue weighted by molar-refractivity contribution is -0.113. The molecule has 1 heterocycles. The van der Waals surface area contributed by atoms with Gasteiger partial charge in [-0.3, -0.25) is 14.7 Å². The highest BCUT2D eigenvalue weighted by atomic mass is 32.2. The SMILES string of the molecule is NC(=O)c1ccc(NC(=O)CSc2n[nH]c(-c3ccccc3)n2)cc1. The lowest BCUT2D eigenvalue weighted by Crippen LogP contribution is -2.15. The van der Waals surface area contributed by atoms with Gasteiger partial charge in [-0.1, -0.05) is 42.1 Å². The fourth-order valence-electron chi connectivity index (χ4n) is 2.08. The van der Waals surface area contributed by atoms with Gasteiger partial charge in [0.1, 0.15) is 0 Å². The van der Waals surface area contributed by atoms with Gasteiger partial charge in [0.15, 0.2) is 5.82 Å². The minimum Gasteiger partial charge on any atom is -0.366 e. The molecule has 0 saturated heterocycles. The number of rotatable bonds is 6. The number of benzene rings is 2. The van der Waals surface area contributed by atoms with Crippen LogP contribution < -0.4 is 11.1 Å². The second-order valence-electron chi connectivity index (χ2n) is 5.11. The van der Waals surface area contributed by atoms with Gasteiger partial charge in [-0.25, -0.2) is 4.98 Å². The molecule has 3 rings (SSSR count). The monoisotopic (exact) mass is 353 g/mol. The molecule has 0 fully saturated rings. The molecule has 7 nitrogen and oxygen atoms in total. The van der Waals surface area contributed by atoms with Crippen LogP contribution in [0.15, 0.2) is 59.8 Å². The number of hydrogen-bond acceptors (Lipinski definition) is 5. The number of aromatic nitrogens is 3. The summed E-state index contributed by atoms with van der Waals surface area (Å²) in [7, 11) is 0. The Hall–Kier alpha value is -3.13. The summed E-state index contributed by atoms with van der Waals surface area (Å²) in [6.07, 6.45) is 0. The van der Waals surface area contributed by atoms with Crippen LogP contribution in [0.25, 0.3) is 11.4 Å². The highest BCUT2D eigenvalue weighted by molar-refractivity contribution is 7.99. The van der Waals surface area contributed by atoms with E-state index in [4.69, 9.17) is 5.73 Å². The van der Waals surface area contributed by atoms with Gasteiger partial charge in [-0.05, 0) is 24.3 Å². The Morgan fingerprint density at radius 1 is 1.08 bits per heavy atom. The zero-order valence-electron chi connectivity index (χ0n) is 13.1. The first-order chi connectivity index (χ1) is 12.1. The van der Waals surface area contributed by atoms with Crippen molar-refractivity contribution >= 4 is 29.3 Å². The molecule has 0 aliphatic heterocycles. The normalized spacial score (nSPS) is 10.4. The number of thioether (sulfide) groups is 1. The lowest BCUT2D eigenvalue weighted by atomic mass is 10.2. The third-order valence-electron chi connectivity index (χ3n) is 3.30. The predicted molar refractivity (Wildman–Crippen MR) is 96.1 cm³/mol. The van der Waals surface area contributed by atoms with Crippen LogP contribution in [0.1, 0.15) is 10.4 Å². The van der Waals surface area contributed by atoms with Crippen LogP contribution in [0.2, 0.25) is 0 Å². The Labute approximate surface area is 148 Å². The number of aromatic amines is 1. The molecular formula is C17H15N5O2S. The van der Waals surface area contributed by atoms with E-state index in [2.05, 4.69) is 20.5 Å². The maximum Gasteiger partial charge on any atom is 0.248 e. The minimum absolute atomic E-state index is 0.170. The largest absolute Gasteiger partial charge is 0.366 e. The van der Waals surface area contributed by atoms with E-state index < -0.39 is 5.91 Å². The van der Waals surface area contributed by atoms with Gasteiger partial charge in [0.05, 0.1) is 5.75 Å². The average molecular weight is 353 g/mol. The van der Waals surface area contributed by atoms with E-state index in [-0.39, 0.29) is 11.7 Å². The summed E-state index contributed by atoms with van der Waals surface area (Å²) in [6.45, 7) is 0. The van der Waals surface area contributed by atoms with Crippen LogP contribution in [-0.4, -0.2) is 32.7 Å². The van der Waals surface area contributed by atoms with Crippen molar-refractivity contribution in [1.29, 1.82) is 0 Å². The van der Waals surface area contributed by atoms with Crippen molar-refractivity contribution in [2.45, 2.75) is 5.16 Å². The van der Waals surface area contributed by atoms with Gasteiger partial charge in [0, 0.05) is 16.8 Å². The first-order valence-corrected chi connectivity index (χ1v) is 8.41. The summed E-state index contributed by atoms with van der Waals surface area (Å²) < 4.78 is 0. The maximum absolute atomic E-state index is 12.0. The van der Waals surface area contributed by atoms with Gasteiger partial charge in [0.25, 0.3) is 0 Å². The van der Waals surface area contributed by atoms with Crippen molar-refractivity contribution in [3.05, 3.63) is 60.2 Å². The Morgan fingerprint density at radius 2 is 1.80 bits per heavy atom. The van der Waals surface area contributed by atoms with Gasteiger partial charge in [-0.2, -0.15) is 0 Å². The molecule has 2 aromatic carbocycles. The van der Waals surface area contributed by atoms with Gasteiger partial charge < -0.3 is 11.1 Å². The van der Waals surface area contributed by atoms with Crippen LogP contribution in [0.5, 0.6) is 0 Å². The molecule has 0 aliphatic rings. The van der Waals surface area contributed by atoms with Crippen molar-refractivity contribution in [2.75, 3.05) is 11.1 Å². The zero-order valence-corrected chi connectivity index (χ0v) is 13.9. The molecule has 126 valence electrons. The molecule has 0 aliphatic carbocycles. The third kappa shape index (κ3) is 4.45. The fourth-order valence-corrected chi connectivity index (χ4v) is 2.68. The molecular weight excluding hydrogens is 338 g/mol. The van der Waals surface area contributed by atoms with E-state index in [0.717, 1.165) is 5.56 Å². The molecule has 8 heteroatoms. The van der Waals surface area contributed by atoms with Crippen LogP contribution in [0.4, 0.5) is 5.69 Å². The van der Waals surface area contributed by atoms with E-state index in [0.29, 0.717) is 22.2 Å². The standard InChI is InChI=1S/C17H15N5O2S/c18-15(24)11-6-8-13(9-7-11)19-14(23)10-25-17-20-16(21-22-17)12-4-2-1-3-5-12/h1-9H,10H2,(H2,18,24)(H,19,23)(H,20,21,22). The molecule has 0 radical (unpaired) electrons. The number of nitrogens with zero attached hydrogens (tertiary/aromatic N) is 2. The van der Waals surface area contributed by atoms with Crippen LogP contribution in [0.3, 0.4) is 0 Å². The first-order valence-electron chi connectivity index (χ1n) is 7.42. The Morgan fingerprint density at radius 3 is 2.48 bits per heavy atom. The number of nitrogens with two attached hydrogens (primary N) is 1. The first kappa shape index (κ1) is 16.7. The molecule has 3 aromatic rings. The van der Waals surface area contributed by atoms with Crippen LogP contribution >= 0.6 is 11.8 Å². The molecule has 2 amide bonds. The van der Waals surface area contributed by atoms with Crippen molar-refractivity contribution < 1.29 is 9.59 Å². The van der Waals surface area contributed by atoms with Crippen LogP contribution in [-0.2, 0) is 4.79 Å². The number of amides is 2. The summed E-state index contributed by atoms with van der Waals surface area (Å²) >= 11 is 1.23. The Balaban J connectivity index is 1.54. The predicted octanol–water partition coefficient (Wildman–Crippen LogP) is 2.30. The van der Waals surface area contributed by atoms with E-state index >= 15 is 0 Å². The molecule has 4 N–H and O–H groups in total. The van der Waals surface area contributed by atoms with Crippen molar-refractivity contribution in [1.82, 2.24) is 15.2 Å². The van der Waals surface area contributed by atoms with E-state index in [1.54, 1.807) is 24.3 Å². The topological polar surface area (TPSA) is 114 Å². The summed E-state index contributed by atoms with van der Waals surface area (Å²) in [5, 5.41) is 10.2. The Kier molecular flexibility index (Phi) is 5.10. The van der Waals surface area contributed by atoms with Crippen molar-refractivity contribution in [3.8, 4) is 11.4 Å². The highest BCUT2D eigenvalue weighted by Crippen LogP contribution is 2.19. The van der Waals surface area contributed by atoms with Gasteiger partial charge >= 0.3 is 0 Å². The third-order valence-corrected chi connectivity index (χ3v) is 4.14. The number of hydrogen-bond donors (Lipinski definition) is 3. The number of nitrogens with one attached hydrogen (secondary N) is 2. The average Bonchev–Trinajstić information content (AvgIpc) is 3.10. The second kappa shape index (κ2) is 7.63. The van der Waals surface area contributed by atoms with E-state index in [9.17, 15) is 9.59 Å². The highest BCUT2D eigenvalue weighted by Gasteiger charge is 2.09.